The SMILES string of the molecule is CC(C)(C)OC(=O)N(C(=O)OC(C)(C)C)c1ncc(-c2nc(N3CCOCC3)c3nc(Cl)n([C@H]4CCN(NC(=O)O)C4)c3n2)cn1. The van der Waals surface area contributed by atoms with Gasteiger partial charge < -0.3 is 24.2 Å². The van der Waals surface area contributed by atoms with Crippen molar-refractivity contribution in [3.05, 3.63) is 17.7 Å². The number of nitrogens with one attached hydrogen (secondary N) is 1. The minimum atomic E-state index is -1.15. The van der Waals surface area contributed by atoms with Crippen LogP contribution in [-0.4, -0.2) is 108 Å². The number of carbonyl (C=O) groups is 3. The molecule has 0 unspecified atom stereocenters. The van der Waals surface area contributed by atoms with Crippen molar-refractivity contribution in [2.24, 2.45) is 0 Å². The number of nitrogens with zero attached hydrogens (tertiary/aromatic N) is 9. The van der Waals surface area contributed by atoms with Gasteiger partial charge in [0.15, 0.2) is 22.8 Å². The Hall–Kier alpha value is -4.35. The predicted molar refractivity (Wildman–Crippen MR) is 166 cm³/mol. The maximum absolute atomic E-state index is 13.1. The number of hydrogen-bond acceptors (Lipinski definition) is 13. The van der Waals surface area contributed by atoms with Crippen LogP contribution in [-0.2, 0) is 14.2 Å². The Morgan fingerprint density at radius 1 is 0.978 bits per heavy atom. The van der Waals surface area contributed by atoms with Gasteiger partial charge in [0.1, 0.15) is 11.2 Å². The van der Waals surface area contributed by atoms with Crippen LogP contribution < -0.4 is 15.2 Å². The highest BCUT2D eigenvalue weighted by molar-refractivity contribution is 6.29. The lowest BCUT2D eigenvalue weighted by Crippen LogP contribution is -2.44. The summed E-state index contributed by atoms with van der Waals surface area (Å²) in [6.45, 7) is 13.0. The molecular weight excluding hydrogens is 624 g/mol. The molecule has 17 nitrogen and oxygen atoms in total. The summed E-state index contributed by atoms with van der Waals surface area (Å²) >= 11 is 6.68. The molecule has 2 aliphatic heterocycles. The van der Waals surface area contributed by atoms with Crippen LogP contribution in [0.4, 0.5) is 26.1 Å². The van der Waals surface area contributed by atoms with E-state index in [1.54, 1.807) is 51.1 Å². The van der Waals surface area contributed by atoms with Crippen LogP contribution >= 0.6 is 11.6 Å². The molecule has 46 heavy (non-hydrogen) atoms. The molecule has 0 aliphatic carbocycles. The number of halogens is 1. The second-order valence-electron chi connectivity index (χ2n) is 12.8. The van der Waals surface area contributed by atoms with E-state index in [0.717, 1.165) is 0 Å². The fourth-order valence-electron chi connectivity index (χ4n) is 4.98. The second-order valence-corrected chi connectivity index (χ2v) is 13.1. The highest BCUT2D eigenvalue weighted by atomic mass is 35.5. The minimum Gasteiger partial charge on any atom is -0.464 e. The first kappa shape index (κ1) is 33.0. The van der Waals surface area contributed by atoms with Crippen molar-refractivity contribution in [3.8, 4) is 11.4 Å². The minimum absolute atomic E-state index is 0.190. The molecule has 0 bridgehead atoms. The maximum Gasteiger partial charge on any atom is 0.427 e. The topological polar surface area (TPSA) is 190 Å². The lowest BCUT2D eigenvalue weighted by Gasteiger charge is -2.28. The summed E-state index contributed by atoms with van der Waals surface area (Å²) in [6, 6.07) is -0.223. The number of rotatable bonds is 5. The standard InChI is InChI=1S/C28H37ClN10O7/c1-27(2,3)45-25(42)39(26(43)46-28(4,5)6)23-30-13-16(14-31-23)19-33-20(36-9-11-44-12-10-36)18-21(34-19)38(22(29)32-18)17-7-8-37(15-17)35-24(40)41/h13-14,17,35H,7-12,15H2,1-6H3,(H,40,41)/t17-/m0/s1. The van der Waals surface area contributed by atoms with Crippen LogP contribution in [0.25, 0.3) is 22.6 Å². The molecule has 2 saturated heterocycles. The van der Waals surface area contributed by atoms with Gasteiger partial charge in [-0.05, 0) is 59.6 Å². The van der Waals surface area contributed by atoms with Crippen LogP contribution in [0.3, 0.4) is 0 Å². The first-order chi connectivity index (χ1) is 21.6. The highest BCUT2D eigenvalue weighted by Crippen LogP contribution is 2.34. The van der Waals surface area contributed by atoms with E-state index in [9.17, 15) is 19.5 Å². The van der Waals surface area contributed by atoms with Crippen molar-refractivity contribution < 1.29 is 33.7 Å². The number of ether oxygens (including phenoxy) is 3. The Bertz CT molecular complexity index is 1590. The Morgan fingerprint density at radius 3 is 2.15 bits per heavy atom. The number of carboxylic acid groups (broad SMARTS) is 1. The molecule has 5 heterocycles. The van der Waals surface area contributed by atoms with Crippen LogP contribution in [0.5, 0.6) is 0 Å². The molecule has 0 saturated carbocycles. The third kappa shape index (κ3) is 7.54. The van der Waals surface area contributed by atoms with E-state index in [1.165, 1.54) is 12.4 Å². The molecular formula is C28H37ClN10O7. The lowest BCUT2D eigenvalue weighted by molar-refractivity contribution is 0.0427. The summed E-state index contributed by atoms with van der Waals surface area (Å²) in [6.07, 6.45) is 0.240. The number of carbonyl (C=O) groups excluding carboxylic acids is 2. The third-order valence-corrected chi connectivity index (χ3v) is 7.09. The van der Waals surface area contributed by atoms with E-state index in [1.807, 2.05) is 4.90 Å². The summed E-state index contributed by atoms with van der Waals surface area (Å²) < 4.78 is 18.2. The number of imidazole rings is 1. The summed E-state index contributed by atoms with van der Waals surface area (Å²) in [4.78, 5) is 62.9. The second kappa shape index (κ2) is 12.8. The number of morpholine rings is 1. The number of anilines is 2. The third-order valence-electron chi connectivity index (χ3n) is 6.82. The summed E-state index contributed by atoms with van der Waals surface area (Å²) in [7, 11) is 0. The van der Waals surface area contributed by atoms with Crippen molar-refractivity contribution in [1.82, 2.24) is 39.9 Å². The summed E-state index contributed by atoms with van der Waals surface area (Å²) in [5.41, 5.74) is 1.91. The zero-order valence-electron chi connectivity index (χ0n) is 26.5. The van der Waals surface area contributed by atoms with Gasteiger partial charge in [-0.25, -0.2) is 44.3 Å². The molecule has 3 amide bonds. The Kier molecular flexibility index (Phi) is 9.19. The summed E-state index contributed by atoms with van der Waals surface area (Å²) in [5, 5.41) is 11.0. The Labute approximate surface area is 269 Å². The molecule has 0 radical (unpaired) electrons. The van der Waals surface area contributed by atoms with Gasteiger partial charge in [0, 0.05) is 38.6 Å². The van der Waals surface area contributed by atoms with Gasteiger partial charge in [0.05, 0.1) is 24.8 Å². The molecule has 2 fully saturated rings. The van der Waals surface area contributed by atoms with Crippen LogP contribution in [0.2, 0.25) is 5.28 Å². The lowest BCUT2D eigenvalue weighted by atomic mass is 10.2. The molecule has 0 spiro atoms. The highest BCUT2D eigenvalue weighted by Gasteiger charge is 2.35. The van der Waals surface area contributed by atoms with Crippen molar-refractivity contribution in [1.29, 1.82) is 0 Å². The average Bonchev–Trinajstić information content (AvgIpc) is 3.53. The van der Waals surface area contributed by atoms with E-state index >= 15 is 0 Å². The van der Waals surface area contributed by atoms with Crippen molar-refractivity contribution in [2.75, 3.05) is 49.2 Å². The van der Waals surface area contributed by atoms with Crippen molar-refractivity contribution >= 4 is 52.8 Å². The fourth-order valence-corrected chi connectivity index (χ4v) is 5.28. The van der Waals surface area contributed by atoms with Crippen molar-refractivity contribution in [2.45, 2.75) is 65.2 Å². The monoisotopic (exact) mass is 660 g/mol. The molecule has 1 atom stereocenters. The molecule has 0 aromatic carbocycles. The smallest absolute Gasteiger partial charge is 0.427 e. The molecule has 248 valence electrons. The van der Waals surface area contributed by atoms with E-state index in [-0.39, 0.29) is 23.1 Å². The summed E-state index contributed by atoms with van der Waals surface area (Å²) in [5.74, 6) is 0.528. The quantitative estimate of drug-likeness (QED) is 0.375. The number of hydrogen-bond donors (Lipinski definition) is 2. The van der Waals surface area contributed by atoms with Gasteiger partial charge >= 0.3 is 18.3 Å². The molecule has 2 N–H and O–H groups in total. The largest absolute Gasteiger partial charge is 0.464 e. The number of amides is 3. The number of fused-ring (bicyclic) bond motifs is 1. The zero-order chi connectivity index (χ0) is 33.4. The number of hydrazine groups is 1. The van der Waals surface area contributed by atoms with Gasteiger partial charge in [-0.15, -0.1) is 4.90 Å². The van der Waals surface area contributed by atoms with Crippen LogP contribution in [0.15, 0.2) is 12.4 Å². The van der Waals surface area contributed by atoms with Gasteiger partial charge in [0.25, 0.3) is 0 Å². The van der Waals surface area contributed by atoms with Crippen molar-refractivity contribution in [3.63, 3.8) is 0 Å². The first-order valence-corrected chi connectivity index (χ1v) is 15.1. The molecule has 18 heteroatoms. The first-order valence-electron chi connectivity index (χ1n) is 14.7. The fraction of sp³-hybridized carbons (Fsp3) is 0.571. The molecule has 2 aliphatic rings. The van der Waals surface area contributed by atoms with Gasteiger partial charge in [-0.3, -0.25) is 9.99 Å². The van der Waals surface area contributed by atoms with Gasteiger partial charge in [0.2, 0.25) is 11.2 Å². The molecule has 3 aromatic heterocycles. The molecule has 5 rings (SSSR count). The number of aromatic nitrogens is 6. The van der Waals surface area contributed by atoms with E-state index in [0.29, 0.717) is 73.3 Å². The number of imide groups is 1. The van der Waals surface area contributed by atoms with Crippen LogP contribution in [0.1, 0.15) is 54.0 Å². The van der Waals surface area contributed by atoms with E-state index in [2.05, 4.69) is 20.4 Å². The molecule has 3 aromatic rings. The van der Waals surface area contributed by atoms with E-state index < -0.39 is 29.5 Å². The van der Waals surface area contributed by atoms with Gasteiger partial charge in [-0.2, -0.15) is 0 Å². The Balaban J connectivity index is 1.55. The predicted octanol–water partition coefficient (Wildman–Crippen LogP) is 3.88. The van der Waals surface area contributed by atoms with Gasteiger partial charge in [-0.1, -0.05) is 0 Å². The van der Waals surface area contributed by atoms with E-state index in [4.69, 9.17) is 35.8 Å². The average molecular weight is 661 g/mol. The maximum atomic E-state index is 13.1. The van der Waals surface area contributed by atoms with Crippen LogP contribution in [0, 0.1) is 0 Å². The Morgan fingerprint density at radius 2 is 1.59 bits per heavy atom. The zero-order valence-corrected chi connectivity index (χ0v) is 27.2. The normalized spacial score (nSPS) is 17.6.